The zero-order valence-corrected chi connectivity index (χ0v) is 9.70. The van der Waals surface area contributed by atoms with Crippen molar-refractivity contribution in [2.24, 2.45) is 5.73 Å². The van der Waals surface area contributed by atoms with Gasteiger partial charge in [0.1, 0.15) is 5.82 Å². The number of anilines is 1. The number of likely N-dealkylation sites (N-methyl/N-ethyl adjacent to an activating group) is 1. The van der Waals surface area contributed by atoms with E-state index in [9.17, 15) is 5.11 Å². The summed E-state index contributed by atoms with van der Waals surface area (Å²) in [5, 5.41) is 9.82. The Morgan fingerprint density at radius 3 is 2.87 bits per heavy atom. The Bertz CT molecular complexity index is 330. The fraction of sp³-hybridized carbons (Fsp3) is 0.500. The second-order valence-corrected chi connectivity index (χ2v) is 3.92. The van der Waals surface area contributed by atoms with Crippen LogP contribution in [-0.2, 0) is 6.54 Å². The summed E-state index contributed by atoms with van der Waals surface area (Å²) in [4.78, 5) is 5.98. The molecule has 0 aliphatic heterocycles. The summed E-state index contributed by atoms with van der Waals surface area (Å²) in [7, 11) is 1.83. The van der Waals surface area contributed by atoms with Gasteiger partial charge in [-0.3, -0.25) is 0 Å². The lowest BCUT2D eigenvalue weighted by atomic mass is 10.2. The summed E-state index contributed by atoms with van der Waals surface area (Å²) in [5.74, 6) is 0.653. The van der Waals surface area contributed by atoms with Crippen LogP contribution >= 0.6 is 11.6 Å². The quantitative estimate of drug-likeness (QED) is 0.809. The van der Waals surface area contributed by atoms with E-state index in [0.29, 0.717) is 23.9 Å². The minimum absolute atomic E-state index is 0.386. The van der Waals surface area contributed by atoms with Crippen LogP contribution < -0.4 is 10.6 Å². The first-order chi connectivity index (χ1) is 7.06. The number of halogens is 1. The molecule has 0 saturated heterocycles. The van der Waals surface area contributed by atoms with E-state index in [2.05, 4.69) is 4.98 Å². The van der Waals surface area contributed by atoms with Crippen LogP contribution in [0.3, 0.4) is 0 Å². The third-order valence-corrected chi connectivity index (χ3v) is 2.48. The molecule has 1 aromatic rings. The summed E-state index contributed by atoms with van der Waals surface area (Å²) in [6.45, 7) is 2.59. The predicted octanol–water partition coefficient (Wildman–Crippen LogP) is 1.01. The predicted molar refractivity (Wildman–Crippen MR) is 62.1 cm³/mol. The standard InChI is InChI=1S/C10H16ClN3O/c1-7(15)6-14(2)10-9(11)8(5-12)3-4-13-10/h3-4,7,15H,5-6,12H2,1-2H3. The topological polar surface area (TPSA) is 62.4 Å². The number of aliphatic hydroxyl groups is 1. The molecule has 1 atom stereocenters. The van der Waals surface area contributed by atoms with Crippen molar-refractivity contribution in [3.63, 3.8) is 0 Å². The van der Waals surface area contributed by atoms with Crippen LogP contribution in [0.1, 0.15) is 12.5 Å². The molecule has 1 aromatic heterocycles. The van der Waals surface area contributed by atoms with Crippen molar-refractivity contribution >= 4 is 17.4 Å². The fourth-order valence-corrected chi connectivity index (χ4v) is 1.71. The molecule has 0 fully saturated rings. The number of nitrogens with two attached hydrogens (primary N) is 1. The SMILES string of the molecule is CC(O)CN(C)c1nccc(CN)c1Cl. The molecule has 84 valence electrons. The van der Waals surface area contributed by atoms with Crippen LogP contribution in [0.25, 0.3) is 0 Å². The summed E-state index contributed by atoms with van der Waals surface area (Å²) < 4.78 is 0. The van der Waals surface area contributed by atoms with Gasteiger partial charge in [0.05, 0.1) is 11.1 Å². The van der Waals surface area contributed by atoms with Gasteiger partial charge in [0.15, 0.2) is 0 Å². The van der Waals surface area contributed by atoms with E-state index in [1.165, 1.54) is 0 Å². The van der Waals surface area contributed by atoms with Gasteiger partial charge in [-0.15, -0.1) is 0 Å². The van der Waals surface area contributed by atoms with E-state index >= 15 is 0 Å². The van der Waals surface area contributed by atoms with Gasteiger partial charge in [-0.2, -0.15) is 0 Å². The van der Waals surface area contributed by atoms with Crippen molar-refractivity contribution in [3.8, 4) is 0 Å². The fourth-order valence-electron chi connectivity index (χ4n) is 1.38. The molecular weight excluding hydrogens is 214 g/mol. The van der Waals surface area contributed by atoms with Gasteiger partial charge in [0.25, 0.3) is 0 Å². The Hall–Kier alpha value is -0.840. The molecule has 0 spiro atoms. The third kappa shape index (κ3) is 3.06. The first kappa shape index (κ1) is 12.2. The molecule has 1 heterocycles. The molecule has 0 bridgehead atoms. The van der Waals surface area contributed by atoms with Crippen LogP contribution in [0.4, 0.5) is 5.82 Å². The third-order valence-electron chi connectivity index (χ3n) is 2.07. The number of nitrogens with zero attached hydrogens (tertiary/aromatic N) is 2. The van der Waals surface area contributed by atoms with Gasteiger partial charge in [-0.25, -0.2) is 4.98 Å². The monoisotopic (exact) mass is 229 g/mol. The molecule has 0 radical (unpaired) electrons. The van der Waals surface area contributed by atoms with E-state index in [-0.39, 0.29) is 0 Å². The Balaban J connectivity index is 2.93. The van der Waals surface area contributed by atoms with Gasteiger partial charge >= 0.3 is 0 Å². The molecule has 0 aliphatic carbocycles. The average molecular weight is 230 g/mol. The number of pyridine rings is 1. The molecule has 0 saturated carbocycles. The van der Waals surface area contributed by atoms with Crippen molar-refractivity contribution in [3.05, 3.63) is 22.8 Å². The summed E-state index contributed by atoms with van der Waals surface area (Å²) in [5.41, 5.74) is 6.40. The Labute approximate surface area is 94.7 Å². The number of aliphatic hydroxyl groups excluding tert-OH is 1. The maximum atomic E-state index is 9.26. The van der Waals surface area contributed by atoms with Gasteiger partial charge in [0, 0.05) is 26.3 Å². The van der Waals surface area contributed by atoms with Crippen molar-refractivity contribution in [1.82, 2.24) is 4.98 Å². The number of rotatable bonds is 4. The minimum Gasteiger partial charge on any atom is -0.392 e. The highest BCUT2D eigenvalue weighted by Gasteiger charge is 2.12. The zero-order valence-electron chi connectivity index (χ0n) is 8.94. The second kappa shape index (κ2) is 5.30. The maximum Gasteiger partial charge on any atom is 0.147 e. The number of hydrogen-bond donors (Lipinski definition) is 2. The van der Waals surface area contributed by atoms with Crippen molar-refractivity contribution < 1.29 is 5.11 Å². The lowest BCUT2D eigenvalue weighted by molar-refractivity contribution is 0.201. The Morgan fingerprint density at radius 2 is 2.33 bits per heavy atom. The first-order valence-electron chi connectivity index (χ1n) is 4.79. The molecule has 0 aromatic carbocycles. The largest absolute Gasteiger partial charge is 0.392 e. The second-order valence-electron chi connectivity index (χ2n) is 3.54. The normalized spacial score (nSPS) is 12.6. The lowest BCUT2D eigenvalue weighted by Crippen LogP contribution is -2.28. The van der Waals surface area contributed by atoms with Crippen LogP contribution in [0, 0.1) is 0 Å². The maximum absolute atomic E-state index is 9.26. The minimum atomic E-state index is -0.422. The van der Waals surface area contributed by atoms with Gasteiger partial charge in [0.2, 0.25) is 0 Å². The molecule has 1 unspecified atom stereocenters. The molecule has 4 nitrogen and oxygen atoms in total. The van der Waals surface area contributed by atoms with Crippen molar-refractivity contribution in [1.29, 1.82) is 0 Å². The molecule has 3 N–H and O–H groups in total. The van der Waals surface area contributed by atoms with Crippen LogP contribution in [0.15, 0.2) is 12.3 Å². The molecule has 15 heavy (non-hydrogen) atoms. The molecule has 0 amide bonds. The van der Waals surface area contributed by atoms with Crippen molar-refractivity contribution in [2.45, 2.75) is 19.6 Å². The molecular formula is C10H16ClN3O. The van der Waals surface area contributed by atoms with E-state index in [4.69, 9.17) is 17.3 Å². The average Bonchev–Trinajstić information content (AvgIpc) is 2.17. The van der Waals surface area contributed by atoms with Crippen molar-refractivity contribution in [2.75, 3.05) is 18.5 Å². The zero-order chi connectivity index (χ0) is 11.4. The lowest BCUT2D eigenvalue weighted by Gasteiger charge is -2.21. The Kier molecular flexibility index (Phi) is 4.32. The van der Waals surface area contributed by atoms with E-state index < -0.39 is 6.10 Å². The van der Waals surface area contributed by atoms with Gasteiger partial charge in [-0.1, -0.05) is 11.6 Å². The van der Waals surface area contributed by atoms with E-state index in [1.807, 2.05) is 11.9 Å². The summed E-state index contributed by atoms with van der Waals surface area (Å²) in [6, 6.07) is 1.79. The number of aromatic nitrogens is 1. The van der Waals surface area contributed by atoms with Gasteiger partial charge < -0.3 is 15.7 Å². The first-order valence-corrected chi connectivity index (χ1v) is 5.16. The Morgan fingerprint density at radius 1 is 1.67 bits per heavy atom. The molecule has 5 heteroatoms. The highest BCUT2D eigenvalue weighted by Crippen LogP contribution is 2.25. The van der Waals surface area contributed by atoms with E-state index in [0.717, 1.165) is 5.56 Å². The van der Waals surface area contributed by atoms with E-state index in [1.54, 1.807) is 19.2 Å². The van der Waals surface area contributed by atoms with Crippen LogP contribution in [-0.4, -0.2) is 29.8 Å². The van der Waals surface area contributed by atoms with Crippen LogP contribution in [0.5, 0.6) is 0 Å². The number of hydrogen-bond acceptors (Lipinski definition) is 4. The summed E-state index contributed by atoms with van der Waals surface area (Å²) in [6.07, 6.45) is 1.25. The molecule has 0 aliphatic rings. The highest BCUT2D eigenvalue weighted by atomic mass is 35.5. The smallest absolute Gasteiger partial charge is 0.147 e. The van der Waals surface area contributed by atoms with Gasteiger partial charge in [-0.05, 0) is 18.6 Å². The highest BCUT2D eigenvalue weighted by molar-refractivity contribution is 6.33. The van der Waals surface area contributed by atoms with Crippen LogP contribution in [0.2, 0.25) is 5.02 Å². The summed E-state index contributed by atoms with van der Waals surface area (Å²) >= 11 is 6.12. The molecule has 1 rings (SSSR count).